The predicted octanol–water partition coefficient (Wildman–Crippen LogP) is 1.74. The number of likely N-dealkylation sites (tertiary alicyclic amines) is 1. The zero-order valence-electron chi connectivity index (χ0n) is 12.1. The van der Waals surface area contributed by atoms with Gasteiger partial charge in [0.25, 0.3) is 0 Å². The first-order valence-electron chi connectivity index (χ1n) is 6.91. The van der Waals surface area contributed by atoms with E-state index in [1.807, 2.05) is 24.3 Å². The summed E-state index contributed by atoms with van der Waals surface area (Å²) in [5, 5.41) is 2.90. The Morgan fingerprint density at radius 2 is 2.20 bits per heavy atom. The molecule has 1 fully saturated rings. The number of nitrogens with zero attached hydrogens (tertiary/aromatic N) is 1. The van der Waals surface area contributed by atoms with Gasteiger partial charge < -0.3 is 14.8 Å². The lowest BCUT2D eigenvalue weighted by atomic mass is 10.1. The van der Waals surface area contributed by atoms with Gasteiger partial charge in [-0.2, -0.15) is 0 Å². The Bertz CT molecular complexity index is 450. The number of methoxy groups -OCH3 is 2. The molecule has 5 nitrogen and oxygen atoms in total. The van der Waals surface area contributed by atoms with Gasteiger partial charge in [-0.25, -0.2) is 0 Å². The highest BCUT2D eigenvalue weighted by Gasteiger charge is 2.21. The van der Waals surface area contributed by atoms with Crippen molar-refractivity contribution < 1.29 is 14.3 Å². The minimum atomic E-state index is -0.0220. The maximum atomic E-state index is 12.1. The molecule has 1 amide bonds. The Kier molecular flexibility index (Phi) is 5.38. The van der Waals surface area contributed by atoms with Crippen molar-refractivity contribution >= 4 is 11.6 Å². The number of amides is 1. The lowest BCUT2D eigenvalue weighted by Gasteiger charge is -2.31. The number of hydrogen-bond acceptors (Lipinski definition) is 4. The molecule has 1 atom stereocenters. The molecule has 0 spiro atoms. The molecule has 0 bridgehead atoms. The van der Waals surface area contributed by atoms with Gasteiger partial charge in [-0.05, 0) is 31.5 Å². The van der Waals surface area contributed by atoms with Crippen LogP contribution in [0.1, 0.15) is 12.8 Å². The molecule has 5 heteroatoms. The number of rotatable bonds is 5. The van der Waals surface area contributed by atoms with Crippen LogP contribution in [-0.2, 0) is 9.53 Å². The maximum absolute atomic E-state index is 12.1. The van der Waals surface area contributed by atoms with E-state index in [0.29, 0.717) is 18.0 Å². The molecule has 1 saturated heterocycles. The molecule has 0 unspecified atom stereocenters. The number of benzene rings is 1. The summed E-state index contributed by atoms with van der Waals surface area (Å²) < 4.78 is 10.6. The van der Waals surface area contributed by atoms with Gasteiger partial charge in [-0.3, -0.25) is 9.69 Å². The number of nitrogens with one attached hydrogen (secondary N) is 1. The average Bonchev–Trinajstić information content (AvgIpc) is 2.48. The molecule has 0 aromatic heterocycles. The van der Waals surface area contributed by atoms with Gasteiger partial charge in [0.1, 0.15) is 5.75 Å². The van der Waals surface area contributed by atoms with Gasteiger partial charge in [0.15, 0.2) is 0 Å². The quantitative estimate of drug-likeness (QED) is 0.891. The SMILES string of the molecule is COc1ccccc1NC(=O)CN1CCC[C@H](OC)C1. The van der Waals surface area contributed by atoms with Crippen molar-refractivity contribution in [3.8, 4) is 5.75 Å². The first kappa shape index (κ1) is 14.8. The van der Waals surface area contributed by atoms with E-state index in [9.17, 15) is 4.79 Å². The molecule has 1 heterocycles. The summed E-state index contributed by atoms with van der Waals surface area (Å²) in [5.74, 6) is 0.653. The molecule has 1 N–H and O–H groups in total. The minimum Gasteiger partial charge on any atom is -0.495 e. The van der Waals surface area contributed by atoms with Gasteiger partial charge in [0.05, 0.1) is 25.4 Å². The highest BCUT2D eigenvalue weighted by molar-refractivity contribution is 5.93. The van der Waals surface area contributed by atoms with Crippen LogP contribution in [0, 0.1) is 0 Å². The van der Waals surface area contributed by atoms with Crippen LogP contribution >= 0.6 is 0 Å². The molecule has 0 aliphatic carbocycles. The molecular weight excluding hydrogens is 256 g/mol. The van der Waals surface area contributed by atoms with Gasteiger partial charge in [0, 0.05) is 13.7 Å². The van der Waals surface area contributed by atoms with E-state index >= 15 is 0 Å². The Hall–Kier alpha value is -1.59. The predicted molar refractivity (Wildman–Crippen MR) is 78.1 cm³/mol. The summed E-state index contributed by atoms with van der Waals surface area (Å²) in [4.78, 5) is 14.2. The molecule has 1 aliphatic heterocycles. The Balaban J connectivity index is 1.89. The van der Waals surface area contributed by atoms with Gasteiger partial charge in [-0.1, -0.05) is 12.1 Å². The summed E-state index contributed by atoms with van der Waals surface area (Å²) in [6.45, 7) is 2.15. The lowest BCUT2D eigenvalue weighted by Crippen LogP contribution is -2.43. The van der Waals surface area contributed by atoms with E-state index < -0.39 is 0 Å². The van der Waals surface area contributed by atoms with Gasteiger partial charge in [-0.15, -0.1) is 0 Å². The molecule has 1 aromatic rings. The van der Waals surface area contributed by atoms with Gasteiger partial charge >= 0.3 is 0 Å². The first-order valence-corrected chi connectivity index (χ1v) is 6.91. The number of piperidine rings is 1. The second-order valence-corrected chi connectivity index (χ2v) is 4.98. The molecule has 0 radical (unpaired) electrons. The van der Waals surface area contributed by atoms with Crippen molar-refractivity contribution in [3.63, 3.8) is 0 Å². The van der Waals surface area contributed by atoms with E-state index in [0.717, 1.165) is 25.9 Å². The van der Waals surface area contributed by atoms with Crippen LogP contribution in [-0.4, -0.2) is 50.8 Å². The van der Waals surface area contributed by atoms with Crippen LogP contribution < -0.4 is 10.1 Å². The van der Waals surface area contributed by atoms with Crippen LogP contribution in [0.5, 0.6) is 5.75 Å². The zero-order valence-corrected chi connectivity index (χ0v) is 12.1. The van der Waals surface area contributed by atoms with Crippen molar-refractivity contribution in [1.29, 1.82) is 0 Å². The van der Waals surface area contributed by atoms with Crippen LogP contribution in [0.4, 0.5) is 5.69 Å². The third-order valence-corrected chi connectivity index (χ3v) is 3.54. The van der Waals surface area contributed by atoms with Gasteiger partial charge in [0.2, 0.25) is 5.91 Å². The molecule has 1 aliphatic rings. The van der Waals surface area contributed by atoms with Crippen LogP contribution in [0.15, 0.2) is 24.3 Å². The molecule has 1 aromatic carbocycles. The van der Waals surface area contributed by atoms with Crippen LogP contribution in [0.2, 0.25) is 0 Å². The molecule has 110 valence electrons. The number of anilines is 1. The Morgan fingerprint density at radius 1 is 1.40 bits per heavy atom. The normalized spacial score (nSPS) is 19.6. The summed E-state index contributed by atoms with van der Waals surface area (Å²) in [7, 11) is 3.32. The second kappa shape index (κ2) is 7.26. The van der Waals surface area contributed by atoms with E-state index in [2.05, 4.69) is 10.2 Å². The third kappa shape index (κ3) is 3.95. The second-order valence-electron chi connectivity index (χ2n) is 4.98. The number of carbonyl (C=O) groups excluding carboxylic acids is 1. The Morgan fingerprint density at radius 3 is 2.95 bits per heavy atom. The highest BCUT2D eigenvalue weighted by atomic mass is 16.5. The number of ether oxygens (including phenoxy) is 2. The fraction of sp³-hybridized carbons (Fsp3) is 0.533. The largest absolute Gasteiger partial charge is 0.495 e. The lowest BCUT2D eigenvalue weighted by molar-refractivity contribution is -0.118. The van der Waals surface area contributed by atoms with E-state index in [4.69, 9.17) is 9.47 Å². The third-order valence-electron chi connectivity index (χ3n) is 3.54. The summed E-state index contributed by atoms with van der Waals surface area (Å²) in [6, 6.07) is 7.42. The number of carbonyl (C=O) groups is 1. The van der Waals surface area contributed by atoms with Crippen LogP contribution in [0.3, 0.4) is 0 Å². The first-order chi connectivity index (χ1) is 9.72. The molecule has 2 rings (SSSR count). The minimum absolute atomic E-state index is 0.0220. The number of hydrogen-bond donors (Lipinski definition) is 1. The van der Waals surface area contributed by atoms with E-state index in [-0.39, 0.29) is 12.0 Å². The monoisotopic (exact) mass is 278 g/mol. The molecule has 20 heavy (non-hydrogen) atoms. The summed E-state index contributed by atoms with van der Waals surface area (Å²) in [6.07, 6.45) is 2.38. The van der Waals surface area contributed by atoms with Crippen molar-refractivity contribution in [1.82, 2.24) is 4.90 Å². The van der Waals surface area contributed by atoms with Crippen molar-refractivity contribution in [2.75, 3.05) is 39.2 Å². The fourth-order valence-corrected chi connectivity index (χ4v) is 2.49. The highest BCUT2D eigenvalue weighted by Crippen LogP contribution is 2.23. The number of para-hydroxylation sites is 2. The maximum Gasteiger partial charge on any atom is 0.238 e. The van der Waals surface area contributed by atoms with Crippen molar-refractivity contribution in [2.45, 2.75) is 18.9 Å². The summed E-state index contributed by atoms with van der Waals surface area (Å²) >= 11 is 0. The molecule has 0 saturated carbocycles. The van der Waals surface area contributed by atoms with Crippen LogP contribution in [0.25, 0.3) is 0 Å². The Labute approximate surface area is 119 Å². The van der Waals surface area contributed by atoms with E-state index in [1.165, 1.54) is 0 Å². The fourth-order valence-electron chi connectivity index (χ4n) is 2.49. The van der Waals surface area contributed by atoms with Crippen molar-refractivity contribution in [3.05, 3.63) is 24.3 Å². The smallest absolute Gasteiger partial charge is 0.238 e. The standard InChI is InChI=1S/C15H22N2O3/c1-19-12-6-5-9-17(10-12)11-15(18)16-13-7-3-4-8-14(13)20-2/h3-4,7-8,12H,5-6,9-11H2,1-2H3,(H,16,18)/t12-/m0/s1. The molecular formula is C15H22N2O3. The van der Waals surface area contributed by atoms with E-state index in [1.54, 1.807) is 14.2 Å². The topological polar surface area (TPSA) is 50.8 Å². The summed E-state index contributed by atoms with van der Waals surface area (Å²) in [5.41, 5.74) is 0.709. The zero-order chi connectivity index (χ0) is 14.4. The average molecular weight is 278 g/mol. The van der Waals surface area contributed by atoms with Crippen molar-refractivity contribution in [2.24, 2.45) is 0 Å².